The van der Waals surface area contributed by atoms with Gasteiger partial charge in [-0.15, -0.1) is 0 Å². The monoisotopic (exact) mass is 155 g/mol. The summed E-state index contributed by atoms with van der Waals surface area (Å²) in [5.41, 5.74) is 0. The molecule has 0 bridgehead atoms. The van der Waals surface area contributed by atoms with Gasteiger partial charge in [-0.1, -0.05) is 0 Å². The van der Waals surface area contributed by atoms with Crippen LogP contribution in [0.4, 0.5) is 0 Å². The molecule has 0 aromatic carbocycles. The van der Waals surface area contributed by atoms with Crippen LogP contribution in [0, 0.1) is 0 Å². The van der Waals surface area contributed by atoms with Crippen LogP contribution in [0.2, 0.25) is 0 Å². The Labute approximate surface area is 68.5 Å². The predicted molar refractivity (Wildman–Crippen MR) is 44.6 cm³/mol. The van der Waals surface area contributed by atoms with Crippen molar-refractivity contribution in [3.05, 3.63) is 0 Å². The van der Waals surface area contributed by atoms with E-state index in [0.717, 1.165) is 12.6 Å². The molecule has 2 fully saturated rings. The van der Waals surface area contributed by atoms with Gasteiger partial charge in [0.2, 0.25) is 0 Å². The topological polar surface area (TPSA) is 12.5 Å². The van der Waals surface area contributed by atoms with Crippen LogP contribution < -0.4 is 0 Å². The minimum absolute atomic E-state index is 0.583. The molecule has 0 amide bonds. The lowest BCUT2D eigenvalue weighted by molar-refractivity contribution is 0.119. The van der Waals surface area contributed by atoms with Gasteiger partial charge in [0.25, 0.3) is 0 Å². The van der Waals surface area contributed by atoms with Crippen LogP contribution in [-0.4, -0.2) is 36.2 Å². The van der Waals surface area contributed by atoms with Gasteiger partial charge >= 0.3 is 0 Å². The van der Waals surface area contributed by atoms with Crippen molar-refractivity contribution >= 4 is 0 Å². The first-order valence-electron chi connectivity index (χ1n) is 4.66. The first-order chi connectivity index (χ1) is 5.29. The molecular weight excluding hydrogens is 138 g/mol. The van der Waals surface area contributed by atoms with E-state index in [1.807, 2.05) is 0 Å². The molecule has 0 N–H and O–H groups in total. The molecule has 1 aliphatic carbocycles. The summed E-state index contributed by atoms with van der Waals surface area (Å²) >= 11 is 0. The van der Waals surface area contributed by atoms with Crippen LogP contribution in [0.3, 0.4) is 0 Å². The predicted octanol–water partition coefficient (Wildman–Crippen LogP) is 1.26. The number of hydrogen-bond donors (Lipinski definition) is 0. The Bertz CT molecular complexity index is 146. The molecule has 2 unspecified atom stereocenters. The summed E-state index contributed by atoms with van der Waals surface area (Å²) in [5, 5.41) is 0. The average molecular weight is 155 g/mol. The molecule has 2 aliphatic rings. The molecular formula is C9H17NO. The van der Waals surface area contributed by atoms with Gasteiger partial charge < -0.3 is 4.74 Å². The van der Waals surface area contributed by atoms with E-state index in [4.69, 9.17) is 4.74 Å². The number of hydrogen-bond acceptors (Lipinski definition) is 2. The van der Waals surface area contributed by atoms with E-state index in [9.17, 15) is 0 Å². The Morgan fingerprint density at radius 2 is 2.27 bits per heavy atom. The van der Waals surface area contributed by atoms with Crippen LogP contribution in [0.5, 0.6) is 0 Å². The van der Waals surface area contributed by atoms with Crippen molar-refractivity contribution in [3.8, 4) is 0 Å². The summed E-state index contributed by atoms with van der Waals surface area (Å²) in [6, 6.07) is 1.46. The molecule has 0 radical (unpaired) electrons. The van der Waals surface area contributed by atoms with E-state index in [0.29, 0.717) is 12.1 Å². The second kappa shape index (κ2) is 2.76. The molecule has 2 atom stereocenters. The van der Waals surface area contributed by atoms with E-state index in [1.165, 1.54) is 19.4 Å². The van der Waals surface area contributed by atoms with Crippen molar-refractivity contribution in [1.82, 2.24) is 4.90 Å². The van der Waals surface area contributed by atoms with Gasteiger partial charge in [0, 0.05) is 25.2 Å². The molecule has 0 spiro atoms. The second-order valence-electron chi connectivity index (χ2n) is 3.90. The largest absolute Gasteiger partial charge is 0.376 e. The van der Waals surface area contributed by atoms with Crippen molar-refractivity contribution in [2.45, 2.75) is 44.9 Å². The first-order valence-corrected chi connectivity index (χ1v) is 4.66. The van der Waals surface area contributed by atoms with Crippen LogP contribution in [-0.2, 0) is 4.74 Å². The van der Waals surface area contributed by atoms with Crippen LogP contribution >= 0.6 is 0 Å². The Kier molecular flexibility index (Phi) is 1.90. The van der Waals surface area contributed by atoms with Crippen molar-refractivity contribution in [3.63, 3.8) is 0 Å². The van der Waals surface area contributed by atoms with Crippen molar-refractivity contribution < 1.29 is 4.74 Å². The highest BCUT2D eigenvalue weighted by Gasteiger charge is 2.44. The fourth-order valence-electron chi connectivity index (χ4n) is 1.98. The second-order valence-corrected chi connectivity index (χ2v) is 3.90. The fraction of sp³-hybridized carbons (Fsp3) is 1.00. The molecule has 64 valence electrons. The SMILES string of the molecule is CC(C)N1CCCOC2CC21. The number of rotatable bonds is 1. The molecule has 0 aromatic heterocycles. The third kappa shape index (κ3) is 1.42. The standard InChI is InChI=1S/C9H17NO/c1-7(2)10-4-3-5-11-9-6-8(9)10/h7-9H,3-6H2,1-2H3. The fourth-order valence-corrected chi connectivity index (χ4v) is 1.98. The Morgan fingerprint density at radius 3 is 3.00 bits per heavy atom. The molecule has 2 heteroatoms. The highest BCUT2D eigenvalue weighted by Crippen LogP contribution is 2.34. The zero-order chi connectivity index (χ0) is 7.84. The normalized spacial score (nSPS) is 38.5. The summed E-state index contributed by atoms with van der Waals surface area (Å²) in [5.74, 6) is 0. The summed E-state index contributed by atoms with van der Waals surface area (Å²) in [6.07, 6.45) is 3.07. The Balaban J connectivity index is 1.96. The zero-order valence-electron chi connectivity index (χ0n) is 7.42. The molecule has 2 rings (SSSR count). The number of ether oxygens (including phenoxy) is 1. The Morgan fingerprint density at radius 1 is 1.45 bits per heavy atom. The molecule has 1 aliphatic heterocycles. The van der Waals surface area contributed by atoms with Crippen molar-refractivity contribution in [1.29, 1.82) is 0 Å². The Hall–Kier alpha value is -0.0800. The van der Waals surface area contributed by atoms with E-state index >= 15 is 0 Å². The maximum Gasteiger partial charge on any atom is 0.0747 e. The van der Waals surface area contributed by atoms with Gasteiger partial charge in [0.05, 0.1) is 6.10 Å². The average Bonchev–Trinajstić information content (AvgIpc) is 2.60. The van der Waals surface area contributed by atoms with E-state index in [2.05, 4.69) is 18.7 Å². The van der Waals surface area contributed by atoms with Gasteiger partial charge in [-0.3, -0.25) is 4.90 Å². The third-order valence-corrected chi connectivity index (χ3v) is 2.68. The van der Waals surface area contributed by atoms with Crippen LogP contribution in [0.15, 0.2) is 0 Å². The third-order valence-electron chi connectivity index (χ3n) is 2.68. The lowest BCUT2D eigenvalue weighted by Gasteiger charge is -2.24. The maximum absolute atomic E-state index is 5.62. The lowest BCUT2D eigenvalue weighted by atomic mass is 10.3. The molecule has 0 aromatic rings. The minimum Gasteiger partial charge on any atom is -0.376 e. The summed E-state index contributed by atoms with van der Waals surface area (Å²) in [7, 11) is 0. The maximum atomic E-state index is 5.62. The van der Waals surface area contributed by atoms with Crippen LogP contribution in [0.1, 0.15) is 26.7 Å². The van der Waals surface area contributed by atoms with Crippen molar-refractivity contribution in [2.75, 3.05) is 13.2 Å². The zero-order valence-corrected chi connectivity index (χ0v) is 7.42. The molecule has 1 saturated heterocycles. The van der Waals surface area contributed by atoms with E-state index < -0.39 is 0 Å². The van der Waals surface area contributed by atoms with Crippen LogP contribution in [0.25, 0.3) is 0 Å². The molecule has 2 nitrogen and oxygen atoms in total. The summed E-state index contributed by atoms with van der Waals surface area (Å²) in [4.78, 5) is 2.58. The first kappa shape index (κ1) is 7.56. The van der Waals surface area contributed by atoms with Gasteiger partial charge in [0.15, 0.2) is 0 Å². The van der Waals surface area contributed by atoms with Gasteiger partial charge in [-0.05, 0) is 26.7 Å². The summed E-state index contributed by atoms with van der Waals surface area (Å²) < 4.78 is 5.62. The van der Waals surface area contributed by atoms with E-state index in [1.54, 1.807) is 0 Å². The van der Waals surface area contributed by atoms with E-state index in [-0.39, 0.29) is 0 Å². The lowest BCUT2D eigenvalue weighted by Crippen LogP contribution is -2.34. The highest BCUT2D eigenvalue weighted by molar-refractivity contribution is 4.99. The molecule has 1 heterocycles. The number of nitrogens with zero attached hydrogens (tertiary/aromatic N) is 1. The van der Waals surface area contributed by atoms with Gasteiger partial charge in [0.1, 0.15) is 0 Å². The highest BCUT2D eigenvalue weighted by atomic mass is 16.5. The van der Waals surface area contributed by atoms with Crippen molar-refractivity contribution in [2.24, 2.45) is 0 Å². The quantitative estimate of drug-likeness (QED) is 0.565. The van der Waals surface area contributed by atoms with Gasteiger partial charge in [-0.25, -0.2) is 0 Å². The van der Waals surface area contributed by atoms with Gasteiger partial charge in [-0.2, -0.15) is 0 Å². The minimum atomic E-state index is 0.583. The summed E-state index contributed by atoms with van der Waals surface area (Å²) in [6.45, 7) is 6.77. The molecule has 1 saturated carbocycles. The number of fused-ring (bicyclic) bond motifs is 1. The molecule has 11 heavy (non-hydrogen) atoms. The smallest absolute Gasteiger partial charge is 0.0747 e.